The lowest BCUT2D eigenvalue weighted by Gasteiger charge is -2.14. The zero-order valence-electron chi connectivity index (χ0n) is 8.72. The molecule has 4 N–H and O–H groups in total. The fourth-order valence-corrected chi connectivity index (χ4v) is 1.26. The van der Waals surface area contributed by atoms with Gasteiger partial charge in [-0.2, -0.15) is 0 Å². The molecule has 82 valence electrons. The van der Waals surface area contributed by atoms with Crippen LogP contribution in [0.5, 0.6) is 0 Å². The van der Waals surface area contributed by atoms with Crippen molar-refractivity contribution < 1.29 is 20.4 Å². The third-order valence-electron chi connectivity index (χ3n) is 2.11. The van der Waals surface area contributed by atoms with E-state index in [9.17, 15) is 9.90 Å². The summed E-state index contributed by atoms with van der Waals surface area (Å²) < 4.78 is 4.78. The molecule has 0 fully saturated rings. The van der Waals surface area contributed by atoms with Crippen LogP contribution in [0.15, 0.2) is 30.3 Å². The van der Waals surface area contributed by atoms with E-state index in [1.54, 1.807) is 31.2 Å². The lowest BCUT2D eigenvalue weighted by Crippen LogP contribution is -2.68. The lowest BCUT2D eigenvalue weighted by atomic mass is 10.0. The molecule has 0 aliphatic rings. The van der Waals surface area contributed by atoms with Crippen LogP contribution < -0.4 is 5.73 Å². The van der Waals surface area contributed by atoms with E-state index in [0.29, 0.717) is 12.2 Å². The second-order valence-electron chi connectivity index (χ2n) is 3.21. The average Bonchev–Trinajstić information content (AvgIpc) is 2.28. The van der Waals surface area contributed by atoms with Crippen LogP contribution in [0.3, 0.4) is 0 Å². The minimum absolute atomic E-state index is 0.298. The molecule has 4 nitrogen and oxygen atoms in total. The standard InChI is InChI=1S/C11H15NO3/c1-2-15-11(14)9(12)10(13)8-6-4-3-5-7-8/h3-7,9-10,13H,2,12H2,1H3/p+1/t9-,10+/m1/s1. The van der Waals surface area contributed by atoms with Crippen molar-refractivity contribution in [3.8, 4) is 0 Å². The van der Waals surface area contributed by atoms with E-state index >= 15 is 0 Å². The molecule has 0 amide bonds. The van der Waals surface area contributed by atoms with Crippen LogP contribution in [0.4, 0.5) is 0 Å². The molecule has 1 aromatic carbocycles. The van der Waals surface area contributed by atoms with Crippen molar-refractivity contribution >= 4 is 5.97 Å². The molecule has 0 aliphatic carbocycles. The summed E-state index contributed by atoms with van der Waals surface area (Å²) in [6, 6.07) is 8.17. The van der Waals surface area contributed by atoms with Gasteiger partial charge in [0.1, 0.15) is 6.10 Å². The molecule has 0 saturated carbocycles. The Kier molecular flexibility index (Phi) is 4.27. The maximum Gasteiger partial charge on any atom is 0.367 e. The number of hydrogen-bond donors (Lipinski definition) is 2. The molecule has 1 rings (SSSR count). The summed E-state index contributed by atoms with van der Waals surface area (Å²) in [7, 11) is 0. The zero-order valence-corrected chi connectivity index (χ0v) is 8.72. The Morgan fingerprint density at radius 3 is 2.60 bits per heavy atom. The van der Waals surface area contributed by atoms with E-state index < -0.39 is 18.1 Å². The maximum atomic E-state index is 11.3. The second kappa shape index (κ2) is 5.48. The van der Waals surface area contributed by atoms with Gasteiger partial charge in [-0.15, -0.1) is 0 Å². The third kappa shape index (κ3) is 3.04. The first-order valence-corrected chi connectivity index (χ1v) is 4.89. The summed E-state index contributed by atoms with van der Waals surface area (Å²) in [6.07, 6.45) is -0.912. The van der Waals surface area contributed by atoms with Crippen LogP contribution in [0.1, 0.15) is 18.6 Å². The molecule has 2 atom stereocenters. The molecule has 0 radical (unpaired) electrons. The van der Waals surface area contributed by atoms with Gasteiger partial charge in [0.15, 0.2) is 0 Å². The van der Waals surface area contributed by atoms with Crippen molar-refractivity contribution in [1.82, 2.24) is 0 Å². The topological polar surface area (TPSA) is 74.2 Å². The highest BCUT2D eigenvalue weighted by Crippen LogP contribution is 2.14. The summed E-state index contributed by atoms with van der Waals surface area (Å²) in [5.74, 6) is -0.478. The van der Waals surface area contributed by atoms with Crippen molar-refractivity contribution in [2.45, 2.75) is 19.1 Å². The summed E-state index contributed by atoms with van der Waals surface area (Å²) in [5, 5.41) is 9.82. The average molecular weight is 210 g/mol. The second-order valence-corrected chi connectivity index (χ2v) is 3.21. The molecule has 0 saturated heterocycles. The van der Waals surface area contributed by atoms with Gasteiger partial charge in [-0.25, -0.2) is 4.79 Å². The van der Waals surface area contributed by atoms with E-state index in [1.165, 1.54) is 0 Å². The Labute approximate surface area is 88.7 Å². The number of carbonyl (C=O) groups excluding carboxylic acids is 1. The van der Waals surface area contributed by atoms with Gasteiger partial charge in [0, 0.05) is 0 Å². The number of quaternary nitrogens is 1. The normalized spacial score (nSPS) is 14.3. The molecule has 0 bridgehead atoms. The SMILES string of the molecule is CCOC(=O)[C@H]([NH3+])[C@@H](O)c1ccccc1. The van der Waals surface area contributed by atoms with Crippen molar-refractivity contribution in [3.63, 3.8) is 0 Å². The van der Waals surface area contributed by atoms with Gasteiger partial charge in [-0.05, 0) is 12.5 Å². The highest BCUT2D eigenvalue weighted by molar-refractivity contribution is 5.74. The zero-order chi connectivity index (χ0) is 11.3. The molecule has 0 unspecified atom stereocenters. The molecule has 1 aromatic rings. The van der Waals surface area contributed by atoms with Gasteiger partial charge >= 0.3 is 5.97 Å². The fraction of sp³-hybridized carbons (Fsp3) is 0.364. The number of hydrogen-bond acceptors (Lipinski definition) is 3. The predicted octanol–water partition coefficient (Wildman–Crippen LogP) is -0.106. The van der Waals surface area contributed by atoms with Crippen molar-refractivity contribution in [2.24, 2.45) is 0 Å². The van der Waals surface area contributed by atoms with Crippen molar-refractivity contribution in [2.75, 3.05) is 6.61 Å². The van der Waals surface area contributed by atoms with Gasteiger partial charge in [-0.3, -0.25) is 0 Å². The molecule has 0 aromatic heterocycles. The molecule has 15 heavy (non-hydrogen) atoms. The van der Waals surface area contributed by atoms with Crippen molar-refractivity contribution in [1.29, 1.82) is 0 Å². The molecule has 0 spiro atoms. The number of carbonyl (C=O) groups is 1. The number of aliphatic hydroxyl groups excluding tert-OH is 1. The number of ether oxygens (including phenoxy) is 1. The Morgan fingerprint density at radius 1 is 1.47 bits per heavy atom. The number of esters is 1. The summed E-state index contributed by atoms with van der Waals surface area (Å²) >= 11 is 0. The Balaban J connectivity index is 2.68. The fourth-order valence-electron chi connectivity index (χ4n) is 1.26. The van der Waals surface area contributed by atoms with Gasteiger partial charge in [-0.1, -0.05) is 30.3 Å². The molecule has 0 aliphatic heterocycles. The van der Waals surface area contributed by atoms with E-state index in [2.05, 4.69) is 5.73 Å². The molecule has 0 heterocycles. The van der Waals surface area contributed by atoms with E-state index in [-0.39, 0.29) is 0 Å². The van der Waals surface area contributed by atoms with E-state index in [4.69, 9.17) is 4.74 Å². The Hall–Kier alpha value is -1.39. The minimum atomic E-state index is -0.912. The smallest absolute Gasteiger partial charge is 0.367 e. The highest BCUT2D eigenvalue weighted by atomic mass is 16.5. The Bertz CT molecular complexity index is 313. The van der Waals surface area contributed by atoms with E-state index in [0.717, 1.165) is 0 Å². The van der Waals surface area contributed by atoms with Crippen LogP contribution in [0.25, 0.3) is 0 Å². The number of rotatable bonds is 4. The first-order chi connectivity index (χ1) is 7.16. The van der Waals surface area contributed by atoms with Crippen molar-refractivity contribution in [3.05, 3.63) is 35.9 Å². The third-order valence-corrected chi connectivity index (χ3v) is 2.11. The van der Waals surface area contributed by atoms with Crippen LogP contribution in [-0.4, -0.2) is 23.7 Å². The van der Waals surface area contributed by atoms with Gasteiger partial charge in [0.25, 0.3) is 0 Å². The van der Waals surface area contributed by atoms with Crippen LogP contribution in [0.2, 0.25) is 0 Å². The number of benzene rings is 1. The minimum Gasteiger partial charge on any atom is -0.462 e. The summed E-state index contributed by atoms with van der Waals surface area (Å²) in [6.45, 7) is 2.02. The van der Waals surface area contributed by atoms with Gasteiger partial charge in [0.2, 0.25) is 6.04 Å². The quantitative estimate of drug-likeness (QED) is 0.681. The maximum absolute atomic E-state index is 11.3. The van der Waals surface area contributed by atoms with Gasteiger partial charge < -0.3 is 15.6 Å². The monoisotopic (exact) mass is 210 g/mol. The highest BCUT2D eigenvalue weighted by Gasteiger charge is 2.28. The van der Waals surface area contributed by atoms with Crippen LogP contribution >= 0.6 is 0 Å². The van der Waals surface area contributed by atoms with Gasteiger partial charge in [0.05, 0.1) is 6.61 Å². The molecular formula is C11H16NO3+. The Morgan fingerprint density at radius 2 is 2.07 bits per heavy atom. The summed E-state index contributed by atoms with van der Waals surface area (Å²) in [4.78, 5) is 11.3. The van der Waals surface area contributed by atoms with Crippen LogP contribution in [0, 0.1) is 0 Å². The molecule has 4 heteroatoms. The van der Waals surface area contributed by atoms with E-state index in [1.807, 2.05) is 6.07 Å². The number of aliphatic hydroxyl groups is 1. The first kappa shape index (κ1) is 11.7. The lowest BCUT2D eigenvalue weighted by molar-refractivity contribution is -0.426. The molecular weight excluding hydrogens is 194 g/mol. The largest absolute Gasteiger partial charge is 0.462 e. The van der Waals surface area contributed by atoms with Crippen LogP contribution in [-0.2, 0) is 9.53 Å². The first-order valence-electron chi connectivity index (χ1n) is 4.89. The summed E-state index contributed by atoms with van der Waals surface area (Å²) in [5.41, 5.74) is 4.28. The predicted molar refractivity (Wildman–Crippen MR) is 54.7 cm³/mol.